The Morgan fingerprint density at radius 2 is 2.00 bits per heavy atom. The number of carbonyl (C=O) groups excluding carboxylic acids is 1. The van der Waals surface area contributed by atoms with Gasteiger partial charge in [0.1, 0.15) is 6.26 Å². The van der Waals surface area contributed by atoms with Crippen LogP contribution in [0, 0.1) is 5.92 Å². The van der Waals surface area contributed by atoms with E-state index in [1.807, 2.05) is 37.3 Å². The monoisotopic (exact) mass is 318 g/mol. The Bertz CT molecular complexity index is 596. The van der Waals surface area contributed by atoms with Crippen LogP contribution < -0.4 is 5.32 Å². The van der Waals surface area contributed by atoms with Crippen molar-refractivity contribution in [1.29, 1.82) is 0 Å². The molecule has 1 unspecified atom stereocenters. The van der Waals surface area contributed by atoms with Crippen LogP contribution in [0.2, 0.25) is 0 Å². The summed E-state index contributed by atoms with van der Waals surface area (Å²) in [4.78, 5) is 16.2. The van der Waals surface area contributed by atoms with Gasteiger partial charge in [-0.25, -0.2) is 4.98 Å². The highest BCUT2D eigenvalue weighted by atomic mass is 32.2. The smallest absolute Gasteiger partial charge is 0.230 e. The molecule has 1 N–H and O–H groups in total. The second-order valence-electron chi connectivity index (χ2n) is 5.60. The molecule has 4 nitrogen and oxygen atoms in total. The molecule has 0 saturated carbocycles. The molecule has 1 atom stereocenters. The number of aromatic nitrogens is 1. The van der Waals surface area contributed by atoms with Crippen molar-refractivity contribution in [2.75, 3.05) is 5.75 Å². The first kappa shape index (κ1) is 16.6. The minimum Gasteiger partial charge on any atom is -0.444 e. The summed E-state index contributed by atoms with van der Waals surface area (Å²) < 4.78 is 5.48. The summed E-state index contributed by atoms with van der Waals surface area (Å²) in [6, 6.07) is 9.99. The highest BCUT2D eigenvalue weighted by Gasteiger charge is 2.11. The fraction of sp³-hybridized carbons (Fsp3) is 0.412. The van der Waals surface area contributed by atoms with E-state index in [4.69, 9.17) is 4.42 Å². The zero-order valence-electron chi connectivity index (χ0n) is 13.2. The Balaban J connectivity index is 1.78. The fourth-order valence-corrected chi connectivity index (χ4v) is 2.51. The first-order valence-electron chi connectivity index (χ1n) is 7.43. The lowest BCUT2D eigenvalue weighted by molar-refractivity contribution is -0.119. The molecule has 2 rings (SSSR count). The van der Waals surface area contributed by atoms with Crippen molar-refractivity contribution in [2.24, 2.45) is 5.92 Å². The van der Waals surface area contributed by atoms with Gasteiger partial charge in [-0.2, -0.15) is 0 Å². The third-order valence-electron chi connectivity index (χ3n) is 3.44. The predicted octanol–water partition coefficient (Wildman–Crippen LogP) is 3.74. The molecule has 5 heteroatoms. The van der Waals surface area contributed by atoms with Crippen molar-refractivity contribution >= 4 is 17.7 Å². The number of hydrogen-bond acceptors (Lipinski definition) is 4. The zero-order valence-corrected chi connectivity index (χ0v) is 14.0. The summed E-state index contributed by atoms with van der Waals surface area (Å²) in [6.45, 7) is 6.22. The molecule has 0 bridgehead atoms. The lowest BCUT2D eigenvalue weighted by Gasteiger charge is -2.17. The first-order chi connectivity index (χ1) is 10.6. The van der Waals surface area contributed by atoms with Gasteiger partial charge in [-0.15, -0.1) is 11.8 Å². The lowest BCUT2D eigenvalue weighted by Crippen LogP contribution is -2.37. The first-order valence-corrected chi connectivity index (χ1v) is 8.58. The second-order valence-corrected chi connectivity index (χ2v) is 6.59. The third kappa shape index (κ3) is 4.91. The molecule has 1 aromatic carbocycles. The van der Waals surface area contributed by atoms with Crippen molar-refractivity contribution < 1.29 is 9.21 Å². The molecule has 0 spiro atoms. The van der Waals surface area contributed by atoms with E-state index in [9.17, 15) is 4.79 Å². The number of nitrogens with one attached hydrogen (secondary N) is 1. The average Bonchev–Trinajstić information content (AvgIpc) is 2.97. The summed E-state index contributed by atoms with van der Waals surface area (Å²) in [5, 5.41) is 2.99. The summed E-state index contributed by atoms with van der Waals surface area (Å²) >= 11 is 1.54. The third-order valence-corrected chi connectivity index (χ3v) is 4.41. The van der Waals surface area contributed by atoms with Crippen LogP contribution in [0.1, 0.15) is 26.5 Å². The maximum Gasteiger partial charge on any atom is 0.230 e. The zero-order chi connectivity index (χ0) is 15.9. The minimum absolute atomic E-state index is 0.0676. The number of amides is 1. The molecule has 0 fully saturated rings. The van der Waals surface area contributed by atoms with Gasteiger partial charge in [-0.3, -0.25) is 4.79 Å². The van der Waals surface area contributed by atoms with Crippen LogP contribution in [0.25, 0.3) is 11.5 Å². The van der Waals surface area contributed by atoms with Gasteiger partial charge in [-0.05, 0) is 25.0 Å². The number of oxazole rings is 1. The van der Waals surface area contributed by atoms with E-state index >= 15 is 0 Å². The molecular weight excluding hydrogens is 296 g/mol. The summed E-state index contributed by atoms with van der Waals surface area (Å²) in [5.41, 5.74) is 1.82. The standard InChI is InChI=1S/C17H22N2O2S/c1-12(2)13(3)18-16(20)11-22-10-15-9-21-17(19-15)14-7-5-4-6-8-14/h4-9,12-13H,10-11H2,1-3H3,(H,18,20). The summed E-state index contributed by atoms with van der Waals surface area (Å²) in [5.74, 6) is 2.23. The van der Waals surface area contributed by atoms with Crippen molar-refractivity contribution in [3.8, 4) is 11.5 Å². The molecular formula is C17H22N2O2S. The molecule has 0 aliphatic heterocycles. The van der Waals surface area contributed by atoms with Crippen molar-refractivity contribution in [2.45, 2.75) is 32.6 Å². The molecule has 0 radical (unpaired) electrons. The molecule has 22 heavy (non-hydrogen) atoms. The molecule has 1 heterocycles. The highest BCUT2D eigenvalue weighted by Crippen LogP contribution is 2.20. The molecule has 0 aliphatic carbocycles. The molecule has 118 valence electrons. The van der Waals surface area contributed by atoms with Gasteiger partial charge in [0.15, 0.2) is 0 Å². The van der Waals surface area contributed by atoms with Gasteiger partial charge in [0.2, 0.25) is 11.8 Å². The van der Waals surface area contributed by atoms with Gasteiger partial charge in [-0.1, -0.05) is 32.0 Å². The van der Waals surface area contributed by atoms with Crippen LogP contribution in [0.5, 0.6) is 0 Å². The van der Waals surface area contributed by atoms with Crippen LogP contribution in [0.15, 0.2) is 41.0 Å². The summed E-state index contributed by atoms with van der Waals surface area (Å²) in [6.07, 6.45) is 1.66. The van der Waals surface area contributed by atoms with E-state index in [0.29, 0.717) is 23.3 Å². The molecule has 0 saturated heterocycles. The van der Waals surface area contributed by atoms with E-state index in [-0.39, 0.29) is 11.9 Å². The van der Waals surface area contributed by atoms with Crippen molar-refractivity contribution in [1.82, 2.24) is 10.3 Å². The van der Waals surface area contributed by atoms with E-state index in [2.05, 4.69) is 24.1 Å². The largest absolute Gasteiger partial charge is 0.444 e. The van der Waals surface area contributed by atoms with Gasteiger partial charge in [0, 0.05) is 17.4 Å². The maximum atomic E-state index is 11.8. The predicted molar refractivity (Wildman–Crippen MR) is 90.5 cm³/mol. The van der Waals surface area contributed by atoms with Crippen LogP contribution >= 0.6 is 11.8 Å². The van der Waals surface area contributed by atoms with Crippen LogP contribution in [-0.2, 0) is 10.5 Å². The summed E-state index contributed by atoms with van der Waals surface area (Å²) in [7, 11) is 0. The molecule has 0 aliphatic rings. The highest BCUT2D eigenvalue weighted by molar-refractivity contribution is 7.99. The van der Waals surface area contributed by atoms with Crippen LogP contribution in [-0.4, -0.2) is 22.7 Å². The van der Waals surface area contributed by atoms with E-state index in [1.165, 1.54) is 0 Å². The molecule has 1 aromatic heterocycles. The Morgan fingerprint density at radius 3 is 2.68 bits per heavy atom. The molecule has 2 aromatic rings. The lowest BCUT2D eigenvalue weighted by atomic mass is 10.1. The Labute approximate surface area is 135 Å². The fourth-order valence-electron chi connectivity index (χ4n) is 1.80. The SMILES string of the molecule is CC(C)C(C)NC(=O)CSCc1coc(-c2ccccc2)n1. The molecule has 1 amide bonds. The van der Waals surface area contributed by atoms with Crippen molar-refractivity contribution in [3.05, 3.63) is 42.3 Å². The second kappa shape index (κ2) is 8.03. The van der Waals surface area contributed by atoms with Gasteiger partial charge >= 0.3 is 0 Å². The average molecular weight is 318 g/mol. The number of carbonyl (C=O) groups is 1. The van der Waals surface area contributed by atoms with Crippen LogP contribution in [0.3, 0.4) is 0 Å². The van der Waals surface area contributed by atoms with E-state index in [0.717, 1.165) is 11.3 Å². The number of rotatable bonds is 7. The van der Waals surface area contributed by atoms with Crippen molar-refractivity contribution in [3.63, 3.8) is 0 Å². The van der Waals surface area contributed by atoms with E-state index < -0.39 is 0 Å². The topological polar surface area (TPSA) is 55.1 Å². The van der Waals surface area contributed by atoms with Gasteiger partial charge in [0.25, 0.3) is 0 Å². The van der Waals surface area contributed by atoms with Crippen LogP contribution in [0.4, 0.5) is 0 Å². The normalized spacial score (nSPS) is 12.4. The van der Waals surface area contributed by atoms with Gasteiger partial charge < -0.3 is 9.73 Å². The Morgan fingerprint density at radius 1 is 1.27 bits per heavy atom. The Hall–Kier alpha value is -1.75. The number of benzene rings is 1. The number of nitrogens with zero attached hydrogens (tertiary/aromatic N) is 1. The Kier molecular flexibility index (Phi) is 6.07. The minimum atomic E-state index is 0.0676. The number of thioether (sulfide) groups is 1. The quantitative estimate of drug-likeness (QED) is 0.845. The number of hydrogen-bond donors (Lipinski definition) is 1. The maximum absolute atomic E-state index is 11.8. The van der Waals surface area contributed by atoms with E-state index in [1.54, 1.807) is 18.0 Å². The van der Waals surface area contributed by atoms with Gasteiger partial charge in [0.05, 0.1) is 11.4 Å².